The Morgan fingerprint density at radius 3 is 3.11 bits per heavy atom. The first-order chi connectivity index (χ1) is 8.90. The number of hydrogen-bond donors (Lipinski definition) is 0. The molecule has 90 valence electrons. The highest BCUT2D eigenvalue weighted by atomic mass is 15.6. The molecule has 0 saturated heterocycles. The fourth-order valence-corrected chi connectivity index (χ4v) is 2.11. The number of aromatic nitrogens is 6. The predicted octanol–water partition coefficient (Wildman–Crippen LogP) is 1.25. The van der Waals surface area contributed by atoms with Crippen molar-refractivity contribution in [1.82, 2.24) is 29.6 Å². The Morgan fingerprint density at radius 1 is 1.28 bits per heavy atom. The summed E-state index contributed by atoms with van der Waals surface area (Å²) in [7, 11) is 0. The molecule has 4 rings (SSSR count). The summed E-state index contributed by atoms with van der Waals surface area (Å²) in [6.07, 6.45) is 8.10. The lowest BCUT2D eigenvalue weighted by molar-refractivity contribution is 0.571. The second-order valence-electron chi connectivity index (χ2n) is 4.64. The first-order valence-corrected chi connectivity index (χ1v) is 6.08. The molecule has 1 fully saturated rings. The molecule has 6 heteroatoms. The molecule has 1 aliphatic carbocycles. The van der Waals surface area contributed by atoms with E-state index < -0.39 is 0 Å². The Bertz CT molecular complexity index is 693. The van der Waals surface area contributed by atoms with Gasteiger partial charge in [0.25, 0.3) is 0 Å². The molecule has 6 nitrogen and oxygen atoms in total. The van der Waals surface area contributed by atoms with Crippen molar-refractivity contribution in [3.8, 4) is 0 Å². The predicted molar refractivity (Wildman–Crippen MR) is 64.1 cm³/mol. The molecule has 18 heavy (non-hydrogen) atoms. The van der Waals surface area contributed by atoms with Gasteiger partial charge in [-0.1, -0.05) is 6.07 Å². The Kier molecular flexibility index (Phi) is 1.97. The quantitative estimate of drug-likeness (QED) is 0.691. The van der Waals surface area contributed by atoms with Gasteiger partial charge in [0.2, 0.25) is 0 Å². The average molecular weight is 240 g/mol. The SMILES string of the molecule is c1cc(Cn2nnc(C3CC3)n2)c2nccn2c1. The Balaban J connectivity index is 1.68. The summed E-state index contributed by atoms with van der Waals surface area (Å²) in [4.78, 5) is 5.99. The summed E-state index contributed by atoms with van der Waals surface area (Å²) in [5.41, 5.74) is 2.05. The molecule has 0 aromatic carbocycles. The van der Waals surface area contributed by atoms with Gasteiger partial charge in [0.1, 0.15) is 5.65 Å². The number of rotatable bonds is 3. The van der Waals surface area contributed by atoms with Gasteiger partial charge in [-0.15, -0.1) is 10.2 Å². The molecule has 1 aliphatic rings. The third kappa shape index (κ3) is 1.57. The topological polar surface area (TPSA) is 60.9 Å². The summed E-state index contributed by atoms with van der Waals surface area (Å²) >= 11 is 0. The number of pyridine rings is 1. The monoisotopic (exact) mass is 240 g/mol. The lowest BCUT2D eigenvalue weighted by atomic mass is 10.3. The van der Waals surface area contributed by atoms with Crippen molar-refractivity contribution in [3.05, 3.63) is 42.1 Å². The maximum atomic E-state index is 4.42. The molecule has 0 bridgehead atoms. The number of nitrogens with zero attached hydrogens (tertiary/aromatic N) is 6. The molecular formula is C12H12N6. The molecule has 3 aromatic rings. The molecule has 3 aromatic heterocycles. The highest BCUT2D eigenvalue weighted by Crippen LogP contribution is 2.37. The highest BCUT2D eigenvalue weighted by molar-refractivity contribution is 5.47. The standard InChI is InChI=1S/C12H12N6/c1-2-10(12-13-5-7-17(12)6-1)8-18-15-11(14-16-18)9-3-4-9/h1-2,5-7,9H,3-4,8H2. The molecule has 0 amide bonds. The van der Waals surface area contributed by atoms with Crippen molar-refractivity contribution >= 4 is 5.65 Å². The first-order valence-electron chi connectivity index (χ1n) is 6.08. The molecule has 0 unspecified atom stereocenters. The van der Waals surface area contributed by atoms with E-state index in [0.717, 1.165) is 17.0 Å². The van der Waals surface area contributed by atoms with Crippen molar-refractivity contribution in [2.45, 2.75) is 25.3 Å². The third-order valence-corrected chi connectivity index (χ3v) is 3.22. The number of imidazole rings is 1. The van der Waals surface area contributed by atoms with Crippen LogP contribution in [0.5, 0.6) is 0 Å². The summed E-state index contributed by atoms with van der Waals surface area (Å²) in [6.45, 7) is 0.612. The van der Waals surface area contributed by atoms with Crippen LogP contribution >= 0.6 is 0 Å². The van der Waals surface area contributed by atoms with Gasteiger partial charge < -0.3 is 4.40 Å². The van der Waals surface area contributed by atoms with E-state index in [1.54, 1.807) is 11.0 Å². The van der Waals surface area contributed by atoms with Crippen LogP contribution in [0.3, 0.4) is 0 Å². The Morgan fingerprint density at radius 2 is 2.22 bits per heavy atom. The van der Waals surface area contributed by atoms with Crippen molar-refractivity contribution in [3.63, 3.8) is 0 Å². The van der Waals surface area contributed by atoms with Crippen LogP contribution in [0.15, 0.2) is 30.7 Å². The normalized spacial score (nSPS) is 15.3. The molecule has 0 aliphatic heterocycles. The van der Waals surface area contributed by atoms with Crippen molar-refractivity contribution < 1.29 is 0 Å². The van der Waals surface area contributed by atoms with Crippen LogP contribution < -0.4 is 0 Å². The smallest absolute Gasteiger partial charge is 0.177 e. The van der Waals surface area contributed by atoms with Crippen LogP contribution in [-0.4, -0.2) is 29.6 Å². The van der Waals surface area contributed by atoms with Gasteiger partial charge in [0.15, 0.2) is 5.82 Å². The maximum Gasteiger partial charge on any atom is 0.177 e. The van der Waals surface area contributed by atoms with Crippen LogP contribution in [0, 0.1) is 0 Å². The van der Waals surface area contributed by atoms with E-state index >= 15 is 0 Å². The third-order valence-electron chi connectivity index (χ3n) is 3.22. The van der Waals surface area contributed by atoms with Gasteiger partial charge in [-0.05, 0) is 24.1 Å². The van der Waals surface area contributed by atoms with Crippen molar-refractivity contribution in [1.29, 1.82) is 0 Å². The van der Waals surface area contributed by atoms with Gasteiger partial charge in [-0.25, -0.2) is 4.98 Å². The summed E-state index contributed by atoms with van der Waals surface area (Å²) < 4.78 is 1.99. The minimum absolute atomic E-state index is 0.543. The van der Waals surface area contributed by atoms with Gasteiger partial charge in [-0.3, -0.25) is 0 Å². The second-order valence-corrected chi connectivity index (χ2v) is 4.64. The number of fused-ring (bicyclic) bond motifs is 1. The molecule has 0 spiro atoms. The van der Waals surface area contributed by atoms with E-state index in [9.17, 15) is 0 Å². The lowest BCUT2D eigenvalue weighted by Gasteiger charge is -2.01. The summed E-state index contributed by atoms with van der Waals surface area (Å²) in [5, 5.41) is 12.6. The summed E-state index contributed by atoms with van der Waals surface area (Å²) in [6, 6.07) is 4.05. The number of hydrogen-bond acceptors (Lipinski definition) is 4. The Hall–Kier alpha value is -2.24. The molecule has 0 N–H and O–H groups in total. The fourth-order valence-electron chi connectivity index (χ4n) is 2.11. The molecule has 0 atom stereocenters. The van der Waals surface area contributed by atoms with Gasteiger partial charge >= 0.3 is 0 Å². The maximum absolute atomic E-state index is 4.42. The van der Waals surface area contributed by atoms with E-state index in [0.29, 0.717) is 12.5 Å². The molecule has 0 radical (unpaired) electrons. The fraction of sp³-hybridized carbons (Fsp3) is 0.333. The van der Waals surface area contributed by atoms with Crippen molar-refractivity contribution in [2.75, 3.05) is 0 Å². The average Bonchev–Trinajstić information content (AvgIpc) is 2.94. The van der Waals surface area contributed by atoms with Gasteiger partial charge in [0, 0.05) is 30.1 Å². The molecular weight excluding hydrogens is 228 g/mol. The van der Waals surface area contributed by atoms with Crippen LogP contribution in [0.25, 0.3) is 5.65 Å². The largest absolute Gasteiger partial charge is 0.307 e. The minimum atomic E-state index is 0.543. The minimum Gasteiger partial charge on any atom is -0.307 e. The van der Waals surface area contributed by atoms with E-state index in [4.69, 9.17) is 0 Å². The summed E-state index contributed by atoms with van der Waals surface area (Å²) in [5.74, 6) is 1.42. The van der Waals surface area contributed by atoms with Crippen LogP contribution in [0.1, 0.15) is 30.1 Å². The Labute approximate surface area is 103 Å². The van der Waals surface area contributed by atoms with Crippen LogP contribution in [0.4, 0.5) is 0 Å². The zero-order chi connectivity index (χ0) is 11.9. The molecule has 3 heterocycles. The second kappa shape index (κ2) is 3.63. The lowest BCUT2D eigenvalue weighted by Crippen LogP contribution is -2.05. The zero-order valence-corrected chi connectivity index (χ0v) is 9.77. The van der Waals surface area contributed by atoms with Crippen LogP contribution in [-0.2, 0) is 6.54 Å². The first kappa shape index (κ1) is 9.76. The zero-order valence-electron chi connectivity index (χ0n) is 9.77. The van der Waals surface area contributed by atoms with Gasteiger partial charge in [-0.2, -0.15) is 4.80 Å². The highest BCUT2D eigenvalue weighted by Gasteiger charge is 2.28. The van der Waals surface area contributed by atoms with Crippen molar-refractivity contribution in [2.24, 2.45) is 0 Å². The van der Waals surface area contributed by atoms with E-state index in [-0.39, 0.29) is 0 Å². The van der Waals surface area contributed by atoms with Crippen LogP contribution in [0.2, 0.25) is 0 Å². The molecule has 1 saturated carbocycles. The van der Waals surface area contributed by atoms with E-state index in [1.165, 1.54) is 12.8 Å². The van der Waals surface area contributed by atoms with E-state index in [1.807, 2.05) is 28.9 Å². The number of tetrazole rings is 1. The van der Waals surface area contributed by atoms with E-state index in [2.05, 4.69) is 20.4 Å². The van der Waals surface area contributed by atoms with Gasteiger partial charge in [0.05, 0.1) is 6.54 Å².